The number of carbonyl (C=O) groups is 1. The lowest BCUT2D eigenvalue weighted by atomic mass is 10.1. The van der Waals surface area contributed by atoms with Gasteiger partial charge in [-0.1, -0.05) is 30.3 Å². The summed E-state index contributed by atoms with van der Waals surface area (Å²) in [4.78, 5) is 10.6. The summed E-state index contributed by atoms with van der Waals surface area (Å²) < 4.78 is 41.0. The minimum Gasteiger partial charge on any atom is -0.478 e. The fourth-order valence-electron chi connectivity index (χ4n) is 2.78. The van der Waals surface area contributed by atoms with E-state index in [4.69, 9.17) is 5.11 Å². The smallest absolute Gasteiger partial charge is 0.338 e. The second-order valence-electron chi connectivity index (χ2n) is 5.65. The Labute approximate surface area is 150 Å². The highest BCUT2D eigenvalue weighted by atomic mass is 32.2. The number of anilines is 1. The number of hydrogen-bond donors (Lipinski definition) is 1. The van der Waals surface area contributed by atoms with Gasteiger partial charge in [-0.2, -0.15) is 0 Å². The summed E-state index contributed by atoms with van der Waals surface area (Å²) in [6, 6.07) is 15.6. The molecule has 0 saturated heterocycles. The van der Waals surface area contributed by atoms with Crippen molar-refractivity contribution in [3.63, 3.8) is 0 Å². The number of aromatic carboxylic acids is 1. The van der Waals surface area contributed by atoms with E-state index in [9.17, 15) is 17.6 Å². The molecule has 1 N–H and O–H groups in total. The molecule has 26 heavy (non-hydrogen) atoms. The Hall–Kier alpha value is -2.93. The van der Waals surface area contributed by atoms with Crippen LogP contribution in [0, 0.1) is 5.82 Å². The summed E-state index contributed by atoms with van der Waals surface area (Å²) in [5.41, 5.74) is -0.119. The number of halogens is 1. The molecule has 0 spiro atoms. The van der Waals surface area contributed by atoms with Gasteiger partial charge in [-0.05, 0) is 48.0 Å². The van der Waals surface area contributed by atoms with Crippen molar-refractivity contribution < 1.29 is 22.7 Å². The van der Waals surface area contributed by atoms with E-state index in [1.807, 2.05) is 30.3 Å². The molecule has 5 nitrogen and oxygen atoms in total. The predicted octanol–water partition coefficient (Wildman–Crippen LogP) is 3.89. The van der Waals surface area contributed by atoms with Crippen LogP contribution >= 0.6 is 0 Å². The zero-order valence-electron chi connectivity index (χ0n) is 13.9. The van der Waals surface area contributed by atoms with Crippen LogP contribution in [0.3, 0.4) is 0 Å². The lowest BCUT2D eigenvalue weighted by molar-refractivity contribution is 0.0691. The third-order valence-electron chi connectivity index (χ3n) is 4.07. The van der Waals surface area contributed by atoms with Crippen LogP contribution in [0.2, 0.25) is 0 Å². The van der Waals surface area contributed by atoms with Crippen LogP contribution in [-0.4, -0.2) is 26.0 Å². The van der Waals surface area contributed by atoms with Crippen molar-refractivity contribution in [2.45, 2.75) is 11.8 Å². The number of carboxylic acid groups (broad SMARTS) is 1. The van der Waals surface area contributed by atoms with Gasteiger partial charge in [0, 0.05) is 6.54 Å². The highest BCUT2D eigenvalue weighted by Crippen LogP contribution is 2.28. The largest absolute Gasteiger partial charge is 0.478 e. The molecule has 0 aliphatic carbocycles. The second-order valence-corrected chi connectivity index (χ2v) is 7.51. The first-order valence-corrected chi connectivity index (χ1v) is 9.33. The Balaban J connectivity index is 2.07. The summed E-state index contributed by atoms with van der Waals surface area (Å²) in [6.45, 7) is 1.82. The van der Waals surface area contributed by atoms with Crippen molar-refractivity contribution in [3.8, 4) is 0 Å². The molecule has 3 aromatic rings. The molecule has 0 saturated carbocycles. The number of nitrogens with zero attached hydrogens (tertiary/aromatic N) is 1. The van der Waals surface area contributed by atoms with Crippen molar-refractivity contribution in [3.05, 3.63) is 72.0 Å². The average molecular weight is 373 g/mol. The Morgan fingerprint density at radius 3 is 2.35 bits per heavy atom. The minimum absolute atomic E-state index is 0.142. The van der Waals surface area contributed by atoms with Crippen molar-refractivity contribution in [1.29, 1.82) is 0 Å². The molecule has 0 atom stereocenters. The number of sulfonamides is 1. The van der Waals surface area contributed by atoms with Crippen LogP contribution in [0.25, 0.3) is 10.8 Å². The van der Waals surface area contributed by atoms with Crippen LogP contribution in [0.4, 0.5) is 10.1 Å². The van der Waals surface area contributed by atoms with Crippen LogP contribution in [0.5, 0.6) is 0 Å². The van der Waals surface area contributed by atoms with Crippen LogP contribution in [-0.2, 0) is 10.0 Å². The van der Waals surface area contributed by atoms with Gasteiger partial charge < -0.3 is 5.11 Å². The first-order chi connectivity index (χ1) is 12.3. The van der Waals surface area contributed by atoms with Crippen LogP contribution in [0.15, 0.2) is 65.6 Å². The van der Waals surface area contributed by atoms with E-state index in [1.165, 1.54) is 0 Å². The molecule has 0 fully saturated rings. The number of fused-ring (bicyclic) bond motifs is 1. The van der Waals surface area contributed by atoms with E-state index in [1.54, 1.807) is 19.1 Å². The maximum absolute atomic E-state index is 13.9. The fourth-order valence-corrected chi connectivity index (χ4v) is 4.26. The van der Waals surface area contributed by atoms with E-state index < -0.39 is 27.4 Å². The maximum Gasteiger partial charge on any atom is 0.338 e. The van der Waals surface area contributed by atoms with Crippen LogP contribution in [0.1, 0.15) is 17.3 Å². The number of benzene rings is 3. The molecule has 134 valence electrons. The summed E-state index contributed by atoms with van der Waals surface area (Å²) in [6.07, 6.45) is 0. The molecule has 0 aliphatic rings. The van der Waals surface area contributed by atoms with Gasteiger partial charge in [0.2, 0.25) is 0 Å². The normalized spacial score (nSPS) is 11.5. The highest BCUT2D eigenvalue weighted by Gasteiger charge is 2.25. The van der Waals surface area contributed by atoms with Gasteiger partial charge in [-0.25, -0.2) is 17.6 Å². The third kappa shape index (κ3) is 3.13. The number of hydrogen-bond acceptors (Lipinski definition) is 3. The molecular formula is C19H16FNO4S. The van der Waals surface area contributed by atoms with Gasteiger partial charge in [0.15, 0.2) is 0 Å². The van der Waals surface area contributed by atoms with Gasteiger partial charge in [0.25, 0.3) is 10.0 Å². The molecule has 0 amide bonds. The maximum atomic E-state index is 13.9. The van der Waals surface area contributed by atoms with Gasteiger partial charge in [-0.3, -0.25) is 4.31 Å². The topological polar surface area (TPSA) is 74.7 Å². The Morgan fingerprint density at radius 2 is 1.73 bits per heavy atom. The molecule has 0 radical (unpaired) electrons. The summed E-state index contributed by atoms with van der Waals surface area (Å²) in [7, 11) is -4.04. The van der Waals surface area contributed by atoms with E-state index in [0.29, 0.717) is 5.69 Å². The molecule has 0 bridgehead atoms. The van der Waals surface area contributed by atoms with Crippen molar-refractivity contribution in [2.75, 3.05) is 10.8 Å². The quantitative estimate of drug-likeness (QED) is 0.736. The SMILES string of the molecule is CCN(c1ccc2ccccc2c1)S(=O)(=O)c1ccc(C(=O)O)c(F)c1. The molecule has 3 aromatic carbocycles. The predicted molar refractivity (Wildman–Crippen MR) is 97.5 cm³/mol. The van der Waals surface area contributed by atoms with E-state index in [0.717, 1.165) is 33.3 Å². The molecule has 0 aliphatic heterocycles. The highest BCUT2D eigenvalue weighted by molar-refractivity contribution is 7.92. The molecule has 7 heteroatoms. The molecular weight excluding hydrogens is 357 g/mol. The van der Waals surface area contributed by atoms with Gasteiger partial charge >= 0.3 is 5.97 Å². The molecule has 3 rings (SSSR count). The first-order valence-electron chi connectivity index (χ1n) is 7.89. The Bertz CT molecular complexity index is 1100. The van der Waals surface area contributed by atoms with Crippen molar-refractivity contribution >= 4 is 32.5 Å². The third-order valence-corrected chi connectivity index (χ3v) is 5.97. The lowest BCUT2D eigenvalue weighted by Gasteiger charge is -2.23. The number of carboxylic acids is 1. The molecule has 0 aromatic heterocycles. The first kappa shape index (κ1) is 17.9. The minimum atomic E-state index is -4.04. The van der Waals surface area contributed by atoms with Crippen LogP contribution < -0.4 is 4.31 Å². The fraction of sp³-hybridized carbons (Fsp3) is 0.105. The van der Waals surface area contributed by atoms with Crippen molar-refractivity contribution in [1.82, 2.24) is 0 Å². The zero-order chi connectivity index (χ0) is 18.9. The zero-order valence-corrected chi connectivity index (χ0v) is 14.7. The Morgan fingerprint density at radius 1 is 1.04 bits per heavy atom. The average Bonchev–Trinajstić information content (AvgIpc) is 2.61. The van der Waals surface area contributed by atoms with Gasteiger partial charge in [0.1, 0.15) is 5.82 Å². The second kappa shape index (κ2) is 6.76. The lowest BCUT2D eigenvalue weighted by Crippen LogP contribution is -2.30. The monoisotopic (exact) mass is 373 g/mol. The van der Waals surface area contributed by atoms with Gasteiger partial charge in [-0.15, -0.1) is 0 Å². The van der Waals surface area contributed by atoms with Crippen molar-refractivity contribution in [2.24, 2.45) is 0 Å². The summed E-state index contributed by atoms with van der Waals surface area (Å²) in [5.74, 6) is -2.54. The van der Waals surface area contributed by atoms with E-state index >= 15 is 0 Å². The standard InChI is InChI=1S/C19H16FNO4S/c1-2-21(15-8-7-13-5-3-4-6-14(13)11-15)26(24,25)16-9-10-17(19(22)23)18(20)12-16/h3-12H,2H2,1H3,(H,22,23). The van der Waals surface area contributed by atoms with E-state index in [-0.39, 0.29) is 11.4 Å². The summed E-state index contributed by atoms with van der Waals surface area (Å²) >= 11 is 0. The van der Waals surface area contributed by atoms with E-state index in [2.05, 4.69) is 0 Å². The molecule has 0 unspecified atom stereocenters. The number of rotatable bonds is 5. The summed E-state index contributed by atoms with van der Waals surface area (Å²) in [5, 5.41) is 10.7. The Kier molecular flexibility index (Phi) is 4.65. The molecule has 0 heterocycles. The van der Waals surface area contributed by atoms with Gasteiger partial charge in [0.05, 0.1) is 16.1 Å².